The molecule has 4 aliphatic rings. The van der Waals surface area contributed by atoms with Crippen LogP contribution < -0.4 is 4.74 Å². The summed E-state index contributed by atoms with van der Waals surface area (Å²) < 4.78 is 18.9. The third-order valence-corrected chi connectivity index (χ3v) is 6.80. The van der Waals surface area contributed by atoms with Gasteiger partial charge in [0.25, 0.3) is 5.91 Å². The van der Waals surface area contributed by atoms with E-state index in [1.54, 1.807) is 4.90 Å². The quantitative estimate of drug-likeness (QED) is 0.511. The summed E-state index contributed by atoms with van der Waals surface area (Å²) in [6, 6.07) is 5.06. The summed E-state index contributed by atoms with van der Waals surface area (Å²) in [6.45, 7) is -0.0758. The van der Waals surface area contributed by atoms with Gasteiger partial charge in [0.05, 0.1) is 17.4 Å². The minimum Gasteiger partial charge on any atom is -0.477 e. The summed E-state index contributed by atoms with van der Waals surface area (Å²) in [5.41, 5.74) is -0.613. The Bertz CT molecular complexity index is 831. The summed E-state index contributed by atoms with van der Waals surface area (Å²) in [5, 5.41) is 20.2. The van der Waals surface area contributed by atoms with Crippen LogP contribution in [-0.4, -0.2) is 34.4 Å². The molecular formula is C21H24FN3O4. The van der Waals surface area contributed by atoms with E-state index in [9.17, 15) is 19.3 Å². The van der Waals surface area contributed by atoms with E-state index in [0.29, 0.717) is 24.3 Å². The summed E-state index contributed by atoms with van der Waals surface area (Å²) in [6.07, 6.45) is 6.78. The molecule has 0 atom stereocenters. The molecule has 0 heterocycles. The lowest BCUT2D eigenvalue weighted by molar-refractivity contribution is -0.385. The number of hydrogen-bond donors (Lipinski definition) is 0. The van der Waals surface area contributed by atoms with Crippen molar-refractivity contribution in [1.82, 2.24) is 4.90 Å². The van der Waals surface area contributed by atoms with Crippen molar-refractivity contribution in [2.45, 2.75) is 50.5 Å². The van der Waals surface area contributed by atoms with Crippen molar-refractivity contribution in [3.63, 3.8) is 0 Å². The standard InChI is InChI=1S/C21H24FN3O4/c22-17-2-3-18(25(27)28)19(9-17)29-13-20(26)24(5-1-4-23)21-10-14-6-15(11-21)8-16(7-14)12-21/h2-3,9,14-16H,1,5-8,10-13H2. The molecule has 0 radical (unpaired) electrons. The first-order valence-electron chi connectivity index (χ1n) is 10.1. The maximum absolute atomic E-state index is 13.5. The summed E-state index contributed by atoms with van der Waals surface area (Å²) >= 11 is 0. The van der Waals surface area contributed by atoms with Gasteiger partial charge in [0.1, 0.15) is 5.82 Å². The minimum absolute atomic E-state index is 0.230. The molecule has 4 bridgehead atoms. The Hall–Kier alpha value is -2.69. The van der Waals surface area contributed by atoms with Gasteiger partial charge in [-0.05, 0) is 62.3 Å². The predicted molar refractivity (Wildman–Crippen MR) is 101 cm³/mol. The third-order valence-electron chi connectivity index (χ3n) is 6.80. The average molecular weight is 401 g/mol. The van der Waals surface area contributed by atoms with Gasteiger partial charge in [-0.2, -0.15) is 5.26 Å². The van der Waals surface area contributed by atoms with Crippen molar-refractivity contribution in [1.29, 1.82) is 5.26 Å². The van der Waals surface area contributed by atoms with Crippen LogP contribution in [0.3, 0.4) is 0 Å². The molecule has 8 heteroatoms. The van der Waals surface area contributed by atoms with E-state index in [4.69, 9.17) is 10.00 Å². The van der Waals surface area contributed by atoms with E-state index in [2.05, 4.69) is 6.07 Å². The highest BCUT2D eigenvalue weighted by molar-refractivity contribution is 5.79. The molecule has 0 aliphatic heterocycles. The molecule has 0 unspecified atom stereocenters. The van der Waals surface area contributed by atoms with Crippen molar-refractivity contribution in [2.75, 3.05) is 13.2 Å². The Morgan fingerprint density at radius 1 is 1.28 bits per heavy atom. The number of nitriles is 1. The lowest BCUT2D eigenvalue weighted by Gasteiger charge is -2.60. The van der Waals surface area contributed by atoms with Crippen molar-refractivity contribution in [3.8, 4) is 11.8 Å². The fourth-order valence-corrected chi connectivity index (χ4v) is 6.16. The second-order valence-corrected chi connectivity index (χ2v) is 8.75. The molecule has 4 saturated carbocycles. The molecule has 4 aliphatic carbocycles. The summed E-state index contributed by atoms with van der Waals surface area (Å²) in [5.74, 6) is 0.673. The summed E-state index contributed by atoms with van der Waals surface area (Å²) in [7, 11) is 0. The second-order valence-electron chi connectivity index (χ2n) is 8.75. The lowest BCUT2D eigenvalue weighted by Crippen LogP contribution is -2.62. The number of halogens is 1. The van der Waals surface area contributed by atoms with Crippen molar-refractivity contribution >= 4 is 11.6 Å². The molecule has 1 amide bonds. The number of amides is 1. The van der Waals surface area contributed by atoms with Crippen molar-refractivity contribution < 1.29 is 18.8 Å². The maximum atomic E-state index is 13.5. The van der Waals surface area contributed by atoms with E-state index in [1.165, 1.54) is 19.3 Å². The van der Waals surface area contributed by atoms with Crippen LogP contribution in [-0.2, 0) is 4.79 Å². The number of benzene rings is 1. The molecule has 0 spiro atoms. The van der Waals surface area contributed by atoms with Gasteiger partial charge >= 0.3 is 5.69 Å². The van der Waals surface area contributed by atoms with Crippen LogP contribution >= 0.6 is 0 Å². The molecule has 4 fully saturated rings. The summed E-state index contributed by atoms with van der Waals surface area (Å²) in [4.78, 5) is 25.4. The highest BCUT2D eigenvalue weighted by Gasteiger charge is 2.54. The number of ether oxygens (including phenoxy) is 1. The molecule has 5 rings (SSSR count). The Kier molecular flexibility index (Phi) is 5.15. The number of nitro groups is 1. The van der Waals surface area contributed by atoms with Crippen molar-refractivity contribution in [3.05, 3.63) is 34.1 Å². The Balaban J connectivity index is 1.53. The van der Waals surface area contributed by atoms with Crippen LogP contribution in [0.25, 0.3) is 0 Å². The highest BCUT2D eigenvalue weighted by atomic mass is 19.1. The van der Waals surface area contributed by atoms with Crippen LogP contribution in [0.1, 0.15) is 44.9 Å². The zero-order valence-electron chi connectivity index (χ0n) is 16.2. The van der Waals surface area contributed by atoms with E-state index in [-0.39, 0.29) is 29.3 Å². The number of hydrogen-bond acceptors (Lipinski definition) is 5. The monoisotopic (exact) mass is 401 g/mol. The fourth-order valence-electron chi connectivity index (χ4n) is 6.16. The largest absolute Gasteiger partial charge is 0.477 e. The predicted octanol–water partition coefficient (Wildman–Crippen LogP) is 3.82. The van der Waals surface area contributed by atoms with Gasteiger partial charge in [-0.25, -0.2) is 4.39 Å². The third kappa shape index (κ3) is 3.78. The van der Waals surface area contributed by atoms with Crippen LogP contribution in [0.4, 0.5) is 10.1 Å². The van der Waals surface area contributed by atoms with E-state index in [1.807, 2.05) is 0 Å². The molecule has 1 aromatic carbocycles. The van der Waals surface area contributed by atoms with Gasteiger partial charge in [0.15, 0.2) is 6.61 Å². The first-order chi connectivity index (χ1) is 13.9. The highest BCUT2D eigenvalue weighted by Crippen LogP contribution is 2.57. The average Bonchev–Trinajstić information content (AvgIpc) is 2.65. The number of nitro benzene ring substituents is 1. The van der Waals surface area contributed by atoms with Crippen LogP contribution in [0.5, 0.6) is 5.75 Å². The van der Waals surface area contributed by atoms with Crippen LogP contribution in [0.2, 0.25) is 0 Å². The van der Waals surface area contributed by atoms with E-state index >= 15 is 0 Å². The molecule has 154 valence electrons. The number of nitrogens with zero attached hydrogens (tertiary/aromatic N) is 3. The van der Waals surface area contributed by atoms with Crippen molar-refractivity contribution in [2.24, 2.45) is 17.8 Å². The van der Waals surface area contributed by atoms with Gasteiger partial charge in [-0.3, -0.25) is 14.9 Å². The SMILES string of the molecule is N#CCCN(C(=O)COc1cc(F)ccc1[N+](=O)[O-])C12CC3CC(CC(C3)C1)C2. The minimum atomic E-state index is -0.666. The Morgan fingerprint density at radius 3 is 2.45 bits per heavy atom. The second kappa shape index (κ2) is 7.62. The van der Waals surface area contributed by atoms with Gasteiger partial charge in [-0.1, -0.05) is 0 Å². The molecule has 0 N–H and O–H groups in total. The number of carbonyl (C=O) groups is 1. The van der Waals surface area contributed by atoms with Crippen LogP contribution in [0.15, 0.2) is 18.2 Å². The molecule has 0 aromatic heterocycles. The number of carbonyl (C=O) groups excluding carboxylic acids is 1. The van der Waals surface area contributed by atoms with Crippen LogP contribution in [0, 0.1) is 45.0 Å². The van der Waals surface area contributed by atoms with E-state index < -0.39 is 17.3 Å². The Labute approximate surface area is 168 Å². The molecule has 7 nitrogen and oxygen atoms in total. The normalized spacial score (nSPS) is 29.3. The first kappa shape index (κ1) is 19.6. The van der Waals surface area contributed by atoms with Gasteiger partial charge in [0.2, 0.25) is 5.75 Å². The van der Waals surface area contributed by atoms with Gasteiger partial charge in [-0.15, -0.1) is 0 Å². The molecule has 1 aromatic rings. The Morgan fingerprint density at radius 2 is 1.90 bits per heavy atom. The fraction of sp³-hybridized carbons (Fsp3) is 0.619. The molecule has 29 heavy (non-hydrogen) atoms. The van der Waals surface area contributed by atoms with Gasteiger partial charge in [0, 0.05) is 24.2 Å². The maximum Gasteiger partial charge on any atom is 0.311 e. The topological polar surface area (TPSA) is 96.5 Å². The zero-order chi connectivity index (χ0) is 20.6. The lowest BCUT2D eigenvalue weighted by atomic mass is 9.52. The first-order valence-corrected chi connectivity index (χ1v) is 10.1. The van der Waals surface area contributed by atoms with E-state index in [0.717, 1.165) is 37.5 Å². The molecular weight excluding hydrogens is 377 g/mol. The number of rotatable bonds is 7. The smallest absolute Gasteiger partial charge is 0.311 e. The molecule has 0 saturated heterocycles. The zero-order valence-corrected chi connectivity index (χ0v) is 16.2. The van der Waals surface area contributed by atoms with Gasteiger partial charge < -0.3 is 9.64 Å².